The second-order valence-corrected chi connectivity index (χ2v) is 2.35. The molecule has 0 aromatic heterocycles. The Morgan fingerprint density at radius 2 is 2.33 bits per heavy atom. The number of carbonyl (C=O) groups excluding carboxylic acids is 1. The molecule has 2 nitrogen and oxygen atoms in total. The van der Waals surface area contributed by atoms with E-state index in [1.807, 2.05) is 13.8 Å². The molecule has 0 heterocycles. The first-order chi connectivity index (χ1) is 4.16. The highest BCUT2D eigenvalue weighted by molar-refractivity contribution is 5.39. The topological polar surface area (TPSA) is 26.3 Å². The Bertz CT molecular complexity index is 105. The highest BCUT2D eigenvalue weighted by atomic mass is 16.5. The van der Waals surface area contributed by atoms with E-state index in [-0.39, 0.29) is 0 Å². The lowest BCUT2D eigenvalue weighted by Gasteiger charge is -2.03. The van der Waals surface area contributed by atoms with Crippen molar-refractivity contribution in [1.82, 2.24) is 0 Å². The number of hydrogen-bond acceptors (Lipinski definition) is 2. The summed E-state index contributed by atoms with van der Waals surface area (Å²) in [6.07, 6.45) is 0.749. The van der Waals surface area contributed by atoms with Gasteiger partial charge < -0.3 is 4.74 Å². The van der Waals surface area contributed by atoms with Crippen LogP contribution in [0.4, 0.5) is 0 Å². The molecule has 0 saturated carbocycles. The molecule has 0 aromatic carbocycles. The van der Waals surface area contributed by atoms with Gasteiger partial charge in [-0.3, -0.25) is 4.79 Å². The second-order valence-electron chi connectivity index (χ2n) is 2.35. The summed E-state index contributed by atoms with van der Waals surface area (Å²) in [7, 11) is 0. The largest absolute Gasteiger partial charge is 0.434 e. The van der Waals surface area contributed by atoms with Crippen LogP contribution in [0, 0.1) is 5.92 Å². The predicted octanol–water partition coefficient (Wildman–Crippen LogP) is 1.72. The van der Waals surface area contributed by atoms with Gasteiger partial charge in [0.15, 0.2) is 0 Å². The summed E-state index contributed by atoms with van der Waals surface area (Å²) in [4.78, 5) is 9.71. The normalized spacial score (nSPS) is 9.22. The molecule has 9 heavy (non-hydrogen) atoms. The fourth-order valence-corrected chi connectivity index (χ4v) is 0.571. The molecule has 0 atom stereocenters. The maximum Gasteiger partial charge on any atom is 0.298 e. The Morgan fingerprint density at radius 1 is 1.78 bits per heavy atom. The molecular weight excluding hydrogens is 116 g/mol. The van der Waals surface area contributed by atoms with E-state index in [2.05, 4.69) is 11.3 Å². The van der Waals surface area contributed by atoms with E-state index in [0.717, 1.165) is 6.42 Å². The average Bonchev–Trinajstić information content (AvgIpc) is 1.63. The number of hydrogen-bond donors (Lipinski definition) is 0. The average molecular weight is 128 g/mol. The van der Waals surface area contributed by atoms with Crippen molar-refractivity contribution >= 4 is 6.47 Å². The molecule has 2 heteroatoms. The van der Waals surface area contributed by atoms with Gasteiger partial charge in [0, 0.05) is 6.42 Å². The van der Waals surface area contributed by atoms with E-state index in [9.17, 15) is 4.79 Å². The smallest absolute Gasteiger partial charge is 0.298 e. The van der Waals surface area contributed by atoms with Gasteiger partial charge >= 0.3 is 0 Å². The van der Waals surface area contributed by atoms with Gasteiger partial charge in [-0.15, -0.1) is 0 Å². The number of ether oxygens (including phenoxy) is 1. The molecule has 0 radical (unpaired) electrons. The maximum absolute atomic E-state index is 9.71. The molecule has 0 unspecified atom stereocenters. The molecular formula is C7H12O2. The monoisotopic (exact) mass is 128 g/mol. The summed E-state index contributed by atoms with van der Waals surface area (Å²) in [5, 5.41) is 0. The second kappa shape index (κ2) is 4.13. The van der Waals surface area contributed by atoms with Gasteiger partial charge in [0.1, 0.15) is 5.76 Å². The summed E-state index contributed by atoms with van der Waals surface area (Å²) in [5.74, 6) is 1.04. The summed E-state index contributed by atoms with van der Waals surface area (Å²) < 4.78 is 4.48. The summed E-state index contributed by atoms with van der Waals surface area (Å²) in [5.41, 5.74) is 0. The number of rotatable bonds is 4. The van der Waals surface area contributed by atoms with Crippen LogP contribution in [0.2, 0.25) is 0 Å². The standard InChI is InChI=1S/C7H12O2/c1-6(2)4-7(3)9-5-8/h5-6H,3-4H2,1-2H3. The van der Waals surface area contributed by atoms with Crippen molar-refractivity contribution in [2.45, 2.75) is 20.3 Å². The molecule has 0 aromatic rings. The highest BCUT2D eigenvalue weighted by Gasteiger charge is 1.97. The molecule has 0 aliphatic carbocycles. The molecule has 52 valence electrons. The lowest BCUT2D eigenvalue weighted by Crippen LogP contribution is -1.93. The molecule has 0 aliphatic heterocycles. The molecule has 0 bridgehead atoms. The van der Waals surface area contributed by atoms with Gasteiger partial charge in [0.05, 0.1) is 0 Å². The summed E-state index contributed by atoms with van der Waals surface area (Å²) in [6.45, 7) is 8.02. The first-order valence-corrected chi connectivity index (χ1v) is 2.95. The van der Waals surface area contributed by atoms with Gasteiger partial charge in [-0.25, -0.2) is 0 Å². The highest BCUT2D eigenvalue weighted by Crippen LogP contribution is 2.07. The number of allylic oxidation sites excluding steroid dienone is 1. The van der Waals surface area contributed by atoms with E-state index in [0.29, 0.717) is 18.1 Å². The lowest BCUT2D eigenvalue weighted by molar-refractivity contribution is -0.125. The quantitative estimate of drug-likeness (QED) is 0.425. The van der Waals surface area contributed by atoms with E-state index >= 15 is 0 Å². The minimum Gasteiger partial charge on any atom is -0.434 e. The van der Waals surface area contributed by atoms with Gasteiger partial charge in [0.2, 0.25) is 0 Å². The van der Waals surface area contributed by atoms with Crippen molar-refractivity contribution in [3.63, 3.8) is 0 Å². The van der Waals surface area contributed by atoms with Crippen LogP contribution in [0.25, 0.3) is 0 Å². The first-order valence-electron chi connectivity index (χ1n) is 2.95. The predicted molar refractivity (Wildman–Crippen MR) is 35.7 cm³/mol. The van der Waals surface area contributed by atoms with Crippen LogP contribution in [0.1, 0.15) is 20.3 Å². The molecule has 0 spiro atoms. The molecule has 0 rings (SSSR count). The Kier molecular flexibility index (Phi) is 3.76. The van der Waals surface area contributed by atoms with Crippen LogP contribution < -0.4 is 0 Å². The maximum atomic E-state index is 9.71. The number of carbonyl (C=O) groups is 1. The third-order valence-electron chi connectivity index (χ3n) is 0.851. The summed E-state index contributed by atoms with van der Waals surface area (Å²) in [6, 6.07) is 0. The third kappa shape index (κ3) is 5.07. The van der Waals surface area contributed by atoms with Crippen LogP contribution >= 0.6 is 0 Å². The van der Waals surface area contributed by atoms with Crippen LogP contribution in [-0.2, 0) is 9.53 Å². The van der Waals surface area contributed by atoms with Gasteiger partial charge in [-0.1, -0.05) is 20.4 Å². The van der Waals surface area contributed by atoms with Crippen LogP contribution in [-0.4, -0.2) is 6.47 Å². The zero-order valence-electron chi connectivity index (χ0n) is 5.89. The fourth-order valence-electron chi connectivity index (χ4n) is 0.571. The minimum absolute atomic E-state index is 0.407. The van der Waals surface area contributed by atoms with E-state index in [4.69, 9.17) is 0 Å². The van der Waals surface area contributed by atoms with Crippen LogP contribution in [0.3, 0.4) is 0 Å². The molecule has 0 saturated heterocycles. The molecule has 0 N–H and O–H groups in total. The van der Waals surface area contributed by atoms with Gasteiger partial charge in [-0.05, 0) is 5.92 Å². The Balaban J connectivity index is 3.38. The van der Waals surface area contributed by atoms with Crippen molar-refractivity contribution in [3.8, 4) is 0 Å². The zero-order chi connectivity index (χ0) is 7.28. The fraction of sp³-hybridized carbons (Fsp3) is 0.571. The lowest BCUT2D eigenvalue weighted by atomic mass is 10.1. The Hall–Kier alpha value is -0.790. The SMILES string of the molecule is C=C(CC(C)C)OC=O. The Morgan fingerprint density at radius 3 is 2.67 bits per heavy atom. The van der Waals surface area contributed by atoms with Crippen molar-refractivity contribution < 1.29 is 9.53 Å². The van der Waals surface area contributed by atoms with Crippen molar-refractivity contribution in [2.75, 3.05) is 0 Å². The molecule has 0 aliphatic rings. The summed E-state index contributed by atoms with van der Waals surface area (Å²) >= 11 is 0. The van der Waals surface area contributed by atoms with Gasteiger partial charge in [-0.2, -0.15) is 0 Å². The van der Waals surface area contributed by atoms with E-state index < -0.39 is 0 Å². The van der Waals surface area contributed by atoms with Crippen molar-refractivity contribution in [1.29, 1.82) is 0 Å². The van der Waals surface area contributed by atoms with Crippen LogP contribution in [0.15, 0.2) is 12.3 Å². The van der Waals surface area contributed by atoms with Crippen molar-refractivity contribution in [2.24, 2.45) is 5.92 Å². The van der Waals surface area contributed by atoms with Gasteiger partial charge in [0.25, 0.3) is 6.47 Å². The minimum atomic E-state index is 0.407. The van der Waals surface area contributed by atoms with Crippen molar-refractivity contribution in [3.05, 3.63) is 12.3 Å². The first kappa shape index (κ1) is 8.21. The molecule has 0 fully saturated rings. The Labute approximate surface area is 55.5 Å². The molecule has 0 amide bonds. The van der Waals surface area contributed by atoms with E-state index in [1.165, 1.54) is 0 Å². The zero-order valence-corrected chi connectivity index (χ0v) is 5.89. The van der Waals surface area contributed by atoms with Crippen LogP contribution in [0.5, 0.6) is 0 Å². The third-order valence-corrected chi connectivity index (χ3v) is 0.851. The van der Waals surface area contributed by atoms with E-state index in [1.54, 1.807) is 0 Å².